The van der Waals surface area contributed by atoms with Crippen molar-refractivity contribution in [3.05, 3.63) is 36.9 Å². The van der Waals surface area contributed by atoms with Gasteiger partial charge in [0.25, 0.3) is 0 Å². The summed E-state index contributed by atoms with van der Waals surface area (Å²) in [6, 6.07) is 8.43. The van der Waals surface area contributed by atoms with Gasteiger partial charge in [-0.1, -0.05) is 18.2 Å². The van der Waals surface area contributed by atoms with Gasteiger partial charge in [-0.25, -0.2) is 0 Å². The molecule has 0 saturated heterocycles. The number of nitrogens with zero attached hydrogens (tertiary/aromatic N) is 1. The smallest absolute Gasteiger partial charge is 0.0400 e. The van der Waals surface area contributed by atoms with Crippen LogP contribution in [0.1, 0.15) is 5.56 Å². The highest BCUT2D eigenvalue weighted by atomic mass is 15.1. The van der Waals surface area contributed by atoms with E-state index >= 15 is 0 Å². The highest BCUT2D eigenvalue weighted by Crippen LogP contribution is 2.25. The lowest BCUT2D eigenvalue weighted by atomic mass is 10.2. The van der Waals surface area contributed by atoms with Crippen molar-refractivity contribution in [2.75, 3.05) is 11.4 Å². The number of para-hydroxylation sites is 1. The third kappa shape index (κ3) is 0.703. The van der Waals surface area contributed by atoms with Crippen LogP contribution in [0.25, 0.3) is 0 Å². The molecular formula is C9H10N. The Morgan fingerprint density at radius 1 is 1.30 bits per heavy atom. The zero-order chi connectivity index (χ0) is 6.97. The average molecular weight is 132 g/mol. The van der Waals surface area contributed by atoms with E-state index in [1.165, 1.54) is 11.3 Å². The van der Waals surface area contributed by atoms with Crippen molar-refractivity contribution < 1.29 is 0 Å². The van der Waals surface area contributed by atoms with Crippen molar-refractivity contribution in [2.24, 2.45) is 0 Å². The van der Waals surface area contributed by atoms with Gasteiger partial charge < -0.3 is 4.90 Å². The lowest BCUT2D eigenvalue weighted by Gasteiger charge is -2.09. The van der Waals surface area contributed by atoms with Crippen LogP contribution in [0.3, 0.4) is 0 Å². The summed E-state index contributed by atoms with van der Waals surface area (Å²) in [5.41, 5.74) is 2.72. The summed E-state index contributed by atoms with van der Waals surface area (Å²) < 4.78 is 0. The first-order valence-electron chi connectivity index (χ1n) is 3.54. The maximum atomic E-state index is 3.91. The minimum atomic E-state index is 1.07. The van der Waals surface area contributed by atoms with E-state index in [0.29, 0.717) is 0 Å². The van der Waals surface area contributed by atoms with Crippen LogP contribution < -0.4 is 4.90 Å². The van der Waals surface area contributed by atoms with Crippen molar-refractivity contribution in [1.82, 2.24) is 0 Å². The van der Waals surface area contributed by atoms with E-state index < -0.39 is 0 Å². The normalized spacial score (nSPS) is 15.5. The Bertz CT molecular complexity index is 242. The molecule has 1 radical (unpaired) electrons. The Kier molecular flexibility index (Phi) is 1.16. The predicted octanol–water partition coefficient (Wildman–Crippen LogP) is 1.84. The van der Waals surface area contributed by atoms with E-state index in [1.807, 2.05) is 0 Å². The van der Waals surface area contributed by atoms with E-state index in [-0.39, 0.29) is 0 Å². The third-order valence-corrected chi connectivity index (χ3v) is 1.98. The van der Waals surface area contributed by atoms with E-state index in [1.54, 1.807) is 0 Å². The fourth-order valence-electron chi connectivity index (χ4n) is 1.41. The minimum Gasteiger partial charge on any atom is -0.369 e. The summed E-state index contributed by atoms with van der Waals surface area (Å²) in [5, 5.41) is 0. The summed E-state index contributed by atoms with van der Waals surface area (Å²) in [6.45, 7) is 1.07. The van der Waals surface area contributed by atoms with Crippen LogP contribution in [0, 0.1) is 7.05 Å². The Morgan fingerprint density at radius 2 is 2.10 bits per heavy atom. The lowest BCUT2D eigenvalue weighted by molar-refractivity contribution is 0.991. The highest BCUT2D eigenvalue weighted by Gasteiger charge is 2.13. The molecule has 1 aliphatic rings. The van der Waals surface area contributed by atoms with Crippen molar-refractivity contribution >= 4 is 5.69 Å². The number of fused-ring (bicyclic) bond motifs is 1. The molecule has 2 rings (SSSR count). The number of rotatable bonds is 0. The molecule has 0 fully saturated rings. The fraction of sp³-hybridized carbons (Fsp3) is 0.222. The van der Waals surface area contributed by atoms with Gasteiger partial charge in [-0.2, -0.15) is 0 Å². The number of anilines is 1. The first-order chi connectivity index (χ1) is 4.88. The zero-order valence-electron chi connectivity index (χ0n) is 5.88. The topological polar surface area (TPSA) is 3.24 Å². The van der Waals surface area contributed by atoms with Gasteiger partial charge in [-0.05, 0) is 18.1 Å². The summed E-state index contributed by atoms with van der Waals surface area (Å²) in [5.74, 6) is 0. The largest absolute Gasteiger partial charge is 0.369 e. The van der Waals surface area contributed by atoms with Crippen LogP contribution in [0.5, 0.6) is 0 Å². The van der Waals surface area contributed by atoms with E-state index in [2.05, 4.69) is 36.2 Å². The second-order valence-corrected chi connectivity index (χ2v) is 2.64. The van der Waals surface area contributed by atoms with E-state index in [0.717, 1.165) is 13.0 Å². The molecule has 1 heteroatoms. The maximum absolute atomic E-state index is 3.91. The summed E-state index contributed by atoms with van der Waals surface area (Å²) in [4.78, 5) is 2.05. The van der Waals surface area contributed by atoms with Gasteiger partial charge in [0.05, 0.1) is 0 Å². The molecule has 0 saturated carbocycles. The van der Waals surface area contributed by atoms with Crippen LogP contribution in [0.2, 0.25) is 0 Å². The van der Waals surface area contributed by atoms with E-state index in [4.69, 9.17) is 0 Å². The Balaban J connectivity index is 2.51. The number of hydrogen-bond acceptors (Lipinski definition) is 1. The van der Waals surface area contributed by atoms with E-state index in [9.17, 15) is 0 Å². The number of hydrogen-bond donors (Lipinski definition) is 0. The molecule has 0 spiro atoms. The molecule has 1 aliphatic heterocycles. The molecule has 1 nitrogen and oxygen atoms in total. The van der Waals surface area contributed by atoms with Crippen LogP contribution in [0.4, 0.5) is 5.69 Å². The molecule has 1 heterocycles. The quantitative estimate of drug-likeness (QED) is 0.520. The predicted molar refractivity (Wildman–Crippen MR) is 42.8 cm³/mol. The van der Waals surface area contributed by atoms with Gasteiger partial charge in [-0.3, -0.25) is 0 Å². The maximum Gasteiger partial charge on any atom is 0.0400 e. The fourth-order valence-corrected chi connectivity index (χ4v) is 1.41. The van der Waals surface area contributed by atoms with Crippen molar-refractivity contribution in [3.63, 3.8) is 0 Å². The van der Waals surface area contributed by atoms with Crippen molar-refractivity contribution in [1.29, 1.82) is 0 Å². The third-order valence-electron chi connectivity index (χ3n) is 1.98. The molecular weight excluding hydrogens is 122 g/mol. The molecule has 51 valence electrons. The molecule has 1 aromatic rings. The Labute approximate surface area is 61.3 Å². The van der Waals surface area contributed by atoms with Crippen LogP contribution >= 0.6 is 0 Å². The lowest BCUT2D eigenvalue weighted by Crippen LogP contribution is -2.08. The first-order valence-corrected chi connectivity index (χ1v) is 3.54. The minimum absolute atomic E-state index is 1.07. The zero-order valence-corrected chi connectivity index (χ0v) is 5.88. The van der Waals surface area contributed by atoms with Crippen molar-refractivity contribution in [2.45, 2.75) is 6.42 Å². The van der Waals surface area contributed by atoms with Gasteiger partial charge in [-0.15, -0.1) is 0 Å². The molecule has 10 heavy (non-hydrogen) atoms. The molecule has 0 bridgehead atoms. The van der Waals surface area contributed by atoms with Crippen LogP contribution in [-0.4, -0.2) is 6.54 Å². The monoisotopic (exact) mass is 132 g/mol. The van der Waals surface area contributed by atoms with Gasteiger partial charge in [0.2, 0.25) is 0 Å². The van der Waals surface area contributed by atoms with Gasteiger partial charge >= 0.3 is 0 Å². The molecule has 0 N–H and O–H groups in total. The molecule has 0 amide bonds. The van der Waals surface area contributed by atoms with Crippen LogP contribution in [0.15, 0.2) is 24.3 Å². The first kappa shape index (κ1) is 5.78. The average Bonchev–Trinajstić information content (AvgIpc) is 2.34. The second kappa shape index (κ2) is 2.01. The van der Waals surface area contributed by atoms with Crippen LogP contribution in [-0.2, 0) is 6.42 Å². The molecule has 0 unspecified atom stereocenters. The van der Waals surface area contributed by atoms with Gasteiger partial charge in [0.1, 0.15) is 0 Å². The SMILES string of the molecule is [CH2]N1CCc2ccccc21. The Morgan fingerprint density at radius 3 is 2.90 bits per heavy atom. The van der Waals surface area contributed by atoms with Gasteiger partial charge in [0.15, 0.2) is 0 Å². The molecule has 0 aromatic heterocycles. The van der Waals surface area contributed by atoms with Gasteiger partial charge in [0, 0.05) is 19.3 Å². The highest BCUT2D eigenvalue weighted by molar-refractivity contribution is 5.57. The molecule has 0 atom stereocenters. The summed E-state index contributed by atoms with van der Waals surface area (Å²) in [7, 11) is 3.91. The molecule has 1 aromatic carbocycles. The summed E-state index contributed by atoms with van der Waals surface area (Å²) in [6.07, 6.45) is 1.15. The standard InChI is InChI=1S/C9H10N/c1-10-7-6-8-4-2-3-5-9(8)10/h2-5H,1,6-7H2. The second-order valence-electron chi connectivity index (χ2n) is 2.64. The molecule has 0 aliphatic carbocycles. The Hall–Kier alpha value is -0.980. The number of benzene rings is 1. The van der Waals surface area contributed by atoms with Crippen molar-refractivity contribution in [3.8, 4) is 0 Å². The summed E-state index contributed by atoms with van der Waals surface area (Å²) >= 11 is 0.